The molecule has 0 bridgehead atoms. The Morgan fingerprint density at radius 3 is 2.58 bits per heavy atom. The number of amides is 1. The lowest BCUT2D eigenvalue weighted by Crippen LogP contribution is -2.15. The number of imidazole rings is 1. The van der Waals surface area contributed by atoms with Gasteiger partial charge in [0.15, 0.2) is 5.65 Å². The summed E-state index contributed by atoms with van der Waals surface area (Å²) in [6.07, 6.45) is 5.05. The average molecular weight is 565 g/mol. The number of nitrogens with one attached hydrogen (secondary N) is 2. The second kappa shape index (κ2) is 8.57. The molecular formula is C22H26IN5OP2. The second-order valence-corrected chi connectivity index (χ2v) is 13.0. The highest BCUT2D eigenvalue weighted by molar-refractivity contribution is 14.2. The van der Waals surface area contributed by atoms with E-state index in [9.17, 15) is 4.79 Å². The maximum atomic E-state index is 12.4. The molecule has 2 fully saturated rings. The number of nitrogens with zero attached hydrogens (tertiary/aromatic N) is 3. The molecule has 2 aliphatic rings. The molecule has 1 aromatic carbocycles. The van der Waals surface area contributed by atoms with Crippen LogP contribution in [0.3, 0.4) is 0 Å². The third kappa shape index (κ3) is 4.46. The zero-order valence-electron chi connectivity index (χ0n) is 17.9. The van der Waals surface area contributed by atoms with Crippen molar-refractivity contribution in [1.82, 2.24) is 14.3 Å². The van der Waals surface area contributed by atoms with Crippen LogP contribution in [0, 0.1) is 12.8 Å². The monoisotopic (exact) mass is 565 g/mol. The highest BCUT2D eigenvalue weighted by Gasteiger charge is 2.30. The highest BCUT2D eigenvalue weighted by Crippen LogP contribution is 2.42. The first kappa shape index (κ1) is 21.5. The van der Waals surface area contributed by atoms with Crippen LogP contribution in [-0.2, 0) is 4.79 Å². The molecule has 3 aromatic rings. The third-order valence-electron chi connectivity index (χ3n) is 5.89. The van der Waals surface area contributed by atoms with Gasteiger partial charge in [0.1, 0.15) is 17.2 Å². The van der Waals surface area contributed by atoms with E-state index in [0.29, 0.717) is 12.2 Å². The van der Waals surface area contributed by atoms with Crippen LogP contribution in [0.15, 0.2) is 24.3 Å². The number of fused-ring (bicyclic) bond motifs is 1. The van der Waals surface area contributed by atoms with E-state index in [-0.39, 0.29) is 19.7 Å². The van der Waals surface area contributed by atoms with Gasteiger partial charge in [-0.2, -0.15) is 0 Å². The second-order valence-electron chi connectivity index (χ2n) is 8.64. The lowest BCUT2D eigenvalue weighted by Gasteiger charge is -2.17. The van der Waals surface area contributed by atoms with Crippen molar-refractivity contribution in [1.29, 1.82) is 0 Å². The number of hydrogen-bond acceptors (Lipinski definition) is 4. The summed E-state index contributed by atoms with van der Waals surface area (Å²) in [5.41, 5.74) is 5.13. The molecule has 0 spiro atoms. The van der Waals surface area contributed by atoms with E-state index < -0.39 is 0 Å². The Morgan fingerprint density at radius 1 is 1.16 bits per heavy atom. The van der Waals surface area contributed by atoms with Gasteiger partial charge in [-0.25, -0.2) is 9.97 Å². The van der Waals surface area contributed by atoms with Crippen LogP contribution < -0.4 is 15.9 Å². The van der Waals surface area contributed by atoms with Gasteiger partial charge in [0.05, 0.1) is 12.1 Å². The number of benzene rings is 1. The van der Waals surface area contributed by atoms with Crippen molar-refractivity contribution in [2.24, 2.45) is 5.92 Å². The standard InChI is InChI=1S/C22H26IN5OP2/c1-12-24-20-17(25-16-9-8-15(13-4-5-13)10-18(16)31(2)3)11-19(26-21(20)28(12)30-23)27-22(29)14-6-7-14/h8-11,13-14,30H,4-7H2,1-3H3,(H2,25,26,27,29). The van der Waals surface area contributed by atoms with Gasteiger partial charge in [-0.15, -0.1) is 0 Å². The molecular weight excluding hydrogens is 539 g/mol. The van der Waals surface area contributed by atoms with Crippen molar-refractivity contribution in [3.63, 3.8) is 0 Å². The summed E-state index contributed by atoms with van der Waals surface area (Å²) in [7, 11) is -0.268. The minimum absolute atomic E-state index is 0.0672. The minimum atomic E-state index is -0.268. The third-order valence-corrected chi connectivity index (χ3v) is 9.37. The fourth-order valence-electron chi connectivity index (χ4n) is 3.83. The lowest BCUT2D eigenvalue weighted by atomic mass is 10.1. The van der Waals surface area contributed by atoms with Crippen molar-refractivity contribution in [2.75, 3.05) is 24.0 Å². The van der Waals surface area contributed by atoms with E-state index in [0.717, 1.165) is 47.1 Å². The number of halogens is 1. The summed E-state index contributed by atoms with van der Waals surface area (Å²) in [5.74, 6) is 2.47. The van der Waals surface area contributed by atoms with E-state index in [2.05, 4.69) is 68.5 Å². The molecule has 2 heterocycles. The van der Waals surface area contributed by atoms with Crippen LogP contribution in [0.5, 0.6) is 0 Å². The van der Waals surface area contributed by atoms with Crippen molar-refractivity contribution in [3.8, 4) is 0 Å². The summed E-state index contributed by atoms with van der Waals surface area (Å²) in [6.45, 7) is 6.60. The van der Waals surface area contributed by atoms with Gasteiger partial charge in [-0.05, 0) is 96.9 Å². The molecule has 0 saturated heterocycles. The molecule has 5 rings (SSSR count). The van der Waals surface area contributed by atoms with E-state index >= 15 is 0 Å². The fraction of sp³-hybridized carbons (Fsp3) is 0.409. The Bertz CT molecular complexity index is 1170. The van der Waals surface area contributed by atoms with Gasteiger partial charge >= 0.3 is 0 Å². The van der Waals surface area contributed by atoms with Crippen LogP contribution in [0.1, 0.15) is 43.0 Å². The van der Waals surface area contributed by atoms with Crippen molar-refractivity contribution in [2.45, 2.75) is 38.5 Å². The van der Waals surface area contributed by atoms with E-state index in [4.69, 9.17) is 9.97 Å². The SMILES string of the molecule is Cc1nc2c(Nc3ccc(C4CC4)cc3P(C)C)cc(NC(=O)C3CC3)nc2n1PI. The maximum absolute atomic E-state index is 12.4. The van der Waals surface area contributed by atoms with Crippen LogP contribution in [0.25, 0.3) is 11.2 Å². The van der Waals surface area contributed by atoms with Gasteiger partial charge in [0.25, 0.3) is 0 Å². The van der Waals surface area contributed by atoms with Crippen LogP contribution in [0.4, 0.5) is 17.2 Å². The number of aromatic nitrogens is 3. The Kier molecular flexibility index (Phi) is 5.95. The predicted molar refractivity (Wildman–Crippen MR) is 141 cm³/mol. The van der Waals surface area contributed by atoms with E-state index in [1.165, 1.54) is 23.7 Å². The first-order valence-electron chi connectivity index (χ1n) is 10.6. The Hall–Kier alpha value is -1.30. The summed E-state index contributed by atoms with van der Waals surface area (Å²) in [6, 6.07) is 8.79. The van der Waals surface area contributed by atoms with Crippen LogP contribution in [0.2, 0.25) is 0 Å². The molecule has 2 aromatic heterocycles. The molecule has 2 aliphatic carbocycles. The molecule has 31 heavy (non-hydrogen) atoms. The zero-order valence-corrected chi connectivity index (χ0v) is 21.9. The summed E-state index contributed by atoms with van der Waals surface area (Å²) in [5, 5.41) is 8.06. The van der Waals surface area contributed by atoms with Crippen LogP contribution in [-0.4, -0.2) is 33.5 Å². The molecule has 1 unspecified atom stereocenters. The molecule has 1 atom stereocenters. The lowest BCUT2D eigenvalue weighted by molar-refractivity contribution is -0.117. The Balaban J connectivity index is 1.57. The molecule has 162 valence electrons. The molecule has 1 amide bonds. The van der Waals surface area contributed by atoms with E-state index in [1.807, 2.05) is 13.0 Å². The fourth-order valence-corrected chi connectivity index (χ4v) is 6.99. The van der Waals surface area contributed by atoms with Gasteiger partial charge in [0, 0.05) is 17.7 Å². The molecule has 6 nitrogen and oxygen atoms in total. The summed E-state index contributed by atoms with van der Waals surface area (Å²) >= 11 is 2.35. The van der Waals surface area contributed by atoms with Crippen molar-refractivity contribution >= 4 is 75.9 Å². The van der Waals surface area contributed by atoms with Gasteiger partial charge in [0.2, 0.25) is 5.91 Å². The molecule has 0 radical (unpaired) electrons. The number of anilines is 3. The first-order chi connectivity index (χ1) is 14.9. The number of rotatable bonds is 7. The number of carbonyl (C=O) groups is 1. The first-order valence-corrected chi connectivity index (χ1v) is 16.9. The molecule has 2 N–H and O–H groups in total. The smallest absolute Gasteiger partial charge is 0.228 e. The van der Waals surface area contributed by atoms with Gasteiger partial charge in [-0.1, -0.05) is 14.0 Å². The largest absolute Gasteiger partial charge is 0.353 e. The number of pyridine rings is 1. The number of carbonyl (C=O) groups excluding carboxylic acids is 1. The van der Waals surface area contributed by atoms with E-state index in [1.54, 1.807) is 0 Å². The van der Waals surface area contributed by atoms with Gasteiger partial charge < -0.3 is 10.6 Å². The summed E-state index contributed by atoms with van der Waals surface area (Å²) < 4.78 is 2.11. The molecule has 9 heteroatoms. The number of aryl methyl sites for hydroxylation is 1. The normalized spacial score (nSPS) is 16.5. The quantitative estimate of drug-likeness (QED) is 0.278. The Morgan fingerprint density at radius 2 is 1.94 bits per heavy atom. The minimum Gasteiger partial charge on any atom is -0.353 e. The number of hydrogen-bond donors (Lipinski definition) is 2. The topological polar surface area (TPSA) is 71.8 Å². The molecule has 2 saturated carbocycles. The predicted octanol–water partition coefficient (Wildman–Crippen LogP) is 5.87. The highest BCUT2D eigenvalue weighted by atomic mass is 127. The van der Waals surface area contributed by atoms with Crippen molar-refractivity contribution < 1.29 is 4.79 Å². The Labute approximate surface area is 198 Å². The van der Waals surface area contributed by atoms with Gasteiger partial charge in [-0.3, -0.25) is 9.13 Å². The average Bonchev–Trinajstić information content (AvgIpc) is 3.64. The zero-order chi connectivity index (χ0) is 21.7. The molecule has 0 aliphatic heterocycles. The van der Waals surface area contributed by atoms with Crippen LogP contribution >= 0.6 is 36.3 Å². The summed E-state index contributed by atoms with van der Waals surface area (Å²) in [4.78, 5) is 22.0. The van der Waals surface area contributed by atoms with Crippen molar-refractivity contribution in [3.05, 3.63) is 35.7 Å². The maximum Gasteiger partial charge on any atom is 0.228 e.